The fourth-order valence-corrected chi connectivity index (χ4v) is 1.89. The Balaban J connectivity index is 0.00000121. The number of rotatable bonds is 5. The normalized spacial score (nSPS) is 9.42. The van der Waals surface area contributed by atoms with Crippen molar-refractivity contribution < 1.29 is 0 Å². The highest BCUT2D eigenvalue weighted by atomic mass is 32.1. The zero-order valence-corrected chi connectivity index (χ0v) is 7.99. The maximum Gasteiger partial charge on any atom is -0.00613 e. The summed E-state index contributed by atoms with van der Waals surface area (Å²) in [6.07, 6.45) is 6.77. The molecule has 0 aliphatic carbocycles. The van der Waals surface area contributed by atoms with E-state index in [9.17, 15) is 0 Å². The van der Waals surface area contributed by atoms with E-state index in [-0.39, 0.29) is 7.43 Å². The highest BCUT2D eigenvalue weighted by Gasteiger charge is 1.91. The van der Waals surface area contributed by atoms with Gasteiger partial charge in [0.1, 0.15) is 0 Å². The van der Waals surface area contributed by atoms with E-state index in [0.717, 1.165) is 0 Å². The van der Waals surface area contributed by atoms with Crippen LogP contribution in [0.5, 0.6) is 0 Å². The second-order valence-corrected chi connectivity index (χ2v) is 3.72. The first-order valence-electron chi connectivity index (χ1n) is 4.44. The van der Waals surface area contributed by atoms with Gasteiger partial charge in [0.2, 0.25) is 0 Å². The Hall–Kier alpha value is -0.300. The molecule has 0 fully saturated rings. The minimum absolute atomic E-state index is 0. The summed E-state index contributed by atoms with van der Waals surface area (Å²) in [4.78, 5) is 0. The Bertz CT molecular complexity index is 165. The molecule has 0 saturated carbocycles. The first-order valence-corrected chi connectivity index (χ1v) is 5.39. The highest BCUT2D eigenvalue weighted by Crippen LogP contribution is 2.10. The lowest BCUT2D eigenvalue weighted by Crippen LogP contribution is -1.81. The lowest BCUT2D eigenvalue weighted by molar-refractivity contribution is 0.667. The summed E-state index contributed by atoms with van der Waals surface area (Å²) in [5, 5.41) is 4.42. The summed E-state index contributed by atoms with van der Waals surface area (Å²) in [6.45, 7) is 2.25. The van der Waals surface area contributed by atoms with Crippen molar-refractivity contribution >= 4 is 11.3 Å². The van der Waals surface area contributed by atoms with Gasteiger partial charge in [0, 0.05) is 0 Å². The average molecular weight is 184 g/mol. The summed E-state index contributed by atoms with van der Waals surface area (Å²) >= 11 is 1.80. The van der Waals surface area contributed by atoms with Gasteiger partial charge < -0.3 is 0 Å². The van der Waals surface area contributed by atoms with Crippen molar-refractivity contribution in [2.75, 3.05) is 0 Å². The van der Waals surface area contributed by atoms with E-state index in [2.05, 4.69) is 23.8 Å². The van der Waals surface area contributed by atoms with Gasteiger partial charge in [-0.2, -0.15) is 11.3 Å². The quantitative estimate of drug-likeness (QED) is 0.591. The molecule has 12 heavy (non-hydrogen) atoms. The van der Waals surface area contributed by atoms with E-state index in [4.69, 9.17) is 0 Å². The van der Waals surface area contributed by atoms with Crippen molar-refractivity contribution in [3.8, 4) is 0 Å². The average Bonchev–Trinajstić information content (AvgIpc) is 2.50. The Morgan fingerprint density at radius 1 is 1.25 bits per heavy atom. The van der Waals surface area contributed by atoms with Gasteiger partial charge in [-0.3, -0.25) is 0 Å². The molecule has 0 nitrogen and oxygen atoms in total. The fraction of sp³-hybridized carbons (Fsp3) is 0.636. The third-order valence-electron chi connectivity index (χ3n) is 1.90. The third-order valence-corrected chi connectivity index (χ3v) is 2.63. The maximum absolute atomic E-state index is 2.26. The van der Waals surface area contributed by atoms with Gasteiger partial charge in [-0.25, -0.2) is 0 Å². The predicted octanol–water partition coefficient (Wildman–Crippen LogP) is 4.51. The second-order valence-electron chi connectivity index (χ2n) is 2.94. The van der Waals surface area contributed by atoms with Crippen LogP contribution in [0.15, 0.2) is 16.8 Å². The van der Waals surface area contributed by atoms with Crippen molar-refractivity contribution in [3.05, 3.63) is 22.4 Å². The van der Waals surface area contributed by atoms with Crippen LogP contribution in [0, 0.1) is 0 Å². The van der Waals surface area contributed by atoms with E-state index in [1.807, 2.05) is 0 Å². The SMILES string of the molecule is C.CCCCCCc1ccsc1. The number of aryl methyl sites for hydroxylation is 1. The number of hydrogen-bond donors (Lipinski definition) is 0. The van der Waals surface area contributed by atoms with Crippen molar-refractivity contribution in [1.29, 1.82) is 0 Å². The standard InChI is InChI=1S/C10H16S.CH4/c1-2-3-4-5-6-10-7-8-11-9-10;/h7-9H,2-6H2,1H3;1H4. The minimum Gasteiger partial charge on any atom is -0.152 e. The predicted molar refractivity (Wildman–Crippen MR) is 58.9 cm³/mol. The van der Waals surface area contributed by atoms with Crippen LogP contribution in [0.4, 0.5) is 0 Å². The molecular formula is C11H20S. The van der Waals surface area contributed by atoms with Crippen LogP contribution in [0.2, 0.25) is 0 Å². The fourth-order valence-electron chi connectivity index (χ4n) is 1.19. The molecule has 0 radical (unpaired) electrons. The van der Waals surface area contributed by atoms with Crippen molar-refractivity contribution in [2.45, 2.75) is 46.5 Å². The smallest absolute Gasteiger partial charge is 0.00613 e. The van der Waals surface area contributed by atoms with Gasteiger partial charge >= 0.3 is 0 Å². The van der Waals surface area contributed by atoms with E-state index in [0.29, 0.717) is 0 Å². The van der Waals surface area contributed by atoms with E-state index in [1.165, 1.54) is 37.7 Å². The largest absolute Gasteiger partial charge is 0.152 e. The van der Waals surface area contributed by atoms with Crippen LogP contribution < -0.4 is 0 Å². The summed E-state index contributed by atoms with van der Waals surface area (Å²) in [5.74, 6) is 0. The van der Waals surface area contributed by atoms with Crippen molar-refractivity contribution in [2.24, 2.45) is 0 Å². The molecule has 1 rings (SSSR count). The highest BCUT2D eigenvalue weighted by molar-refractivity contribution is 7.07. The number of thiophene rings is 1. The summed E-state index contributed by atoms with van der Waals surface area (Å²) in [6, 6.07) is 2.23. The molecule has 0 aliphatic heterocycles. The Morgan fingerprint density at radius 3 is 2.67 bits per heavy atom. The molecule has 1 aromatic heterocycles. The molecule has 0 spiro atoms. The van der Waals surface area contributed by atoms with Gasteiger partial charge in [-0.1, -0.05) is 33.6 Å². The van der Waals surface area contributed by atoms with E-state index in [1.54, 1.807) is 11.3 Å². The first-order chi connectivity index (χ1) is 5.43. The lowest BCUT2D eigenvalue weighted by Gasteiger charge is -1.96. The molecule has 1 aromatic rings. The summed E-state index contributed by atoms with van der Waals surface area (Å²) in [5.41, 5.74) is 1.52. The Labute approximate surface area is 80.6 Å². The second kappa shape index (κ2) is 7.35. The molecule has 0 unspecified atom stereocenters. The summed E-state index contributed by atoms with van der Waals surface area (Å²) < 4.78 is 0. The van der Waals surface area contributed by atoms with Crippen molar-refractivity contribution in [1.82, 2.24) is 0 Å². The van der Waals surface area contributed by atoms with Crippen LogP contribution in [-0.2, 0) is 6.42 Å². The molecule has 0 bridgehead atoms. The van der Waals surface area contributed by atoms with Crippen LogP contribution in [0.3, 0.4) is 0 Å². The minimum atomic E-state index is 0. The molecule has 0 aliphatic rings. The Morgan fingerprint density at radius 2 is 2.08 bits per heavy atom. The molecule has 0 aromatic carbocycles. The van der Waals surface area contributed by atoms with E-state index >= 15 is 0 Å². The third kappa shape index (κ3) is 4.55. The summed E-state index contributed by atoms with van der Waals surface area (Å²) in [7, 11) is 0. The van der Waals surface area contributed by atoms with Gasteiger partial charge in [-0.15, -0.1) is 0 Å². The topological polar surface area (TPSA) is 0 Å². The molecule has 1 heteroatoms. The molecule has 70 valence electrons. The lowest BCUT2D eigenvalue weighted by atomic mass is 10.1. The molecule has 0 amide bonds. The Kier molecular flexibility index (Phi) is 7.17. The van der Waals surface area contributed by atoms with Crippen LogP contribution in [0.1, 0.15) is 45.6 Å². The monoisotopic (exact) mass is 184 g/mol. The van der Waals surface area contributed by atoms with Gasteiger partial charge in [0.05, 0.1) is 0 Å². The molecule has 0 N–H and O–H groups in total. The number of unbranched alkanes of at least 4 members (excludes halogenated alkanes) is 3. The first kappa shape index (κ1) is 11.7. The van der Waals surface area contributed by atoms with E-state index < -0.39 is 0 Å². The molecule has 0 saturated heterocycles. The van der Waals surface area contributed by atoms with Crippen molar-refractivity contribution in [3.63, 3.8) is 0 Å². The van der Waals surface area contributed by atoms with Crippen LogP contribution in [-0.4, -0.2) is 0 Å². The maximum atomic E-state index is 2.26. The van der Waals surface area contributed by atoms with Gasteiger partial charge in [0.25, 0.3) is 0 Å². The molecule has 1 heterocycles. The molecule has 0 atom stereocenters. The van der Waals surface area contributed by atoms with Crippen LogP contribution >= 0.6 is 11.3 Å². The van der Waals surface area contributed by atoms with Gasteiger partial charge in [-0.05, 0) is 35.2 Å². The zero-order chi connectivity index (χ0) is 7.94. The van der Waals surface area contributed by atoms with Crippen LogP contribution in [0.25, 0.3) is 0 Å². The molecular weight excluding hydrogens is 164 g/mol. The zero-order valence-electron chi connectivity index (χ0n) is 7.18. The number of hydrogen-bond acceptors (Lipinski definition) is 1. The van der Waals surface area contributed by atoms with Gasteiger partial charge in [0.15, 0.2) is 0 Å².